The number of aryl methyl sites for hydroxylation is 2. The summed E-state index contributed by atoms with van der Waals surface area (Å²) in [6.07, 6.45) is 0. The summed E-state index contributed by atoms with van der Waals surface area (Å²) >= 11 is 4.72. The number of anilines is 1. The summed E-state index contributed by atoms with van der Waals surface area (Å²) in [4.78, 5) is 12.3. The zero-order valence-electron chi connectivity index (χ0n) is 14.4. The summed E-state index contributed by atoms with van der Waals surface area (Å²) in [6.45, 7) is 3.95. The third-order valence-corrected chi connectivity index (χ3v) is 5.41. The average molecular weight is 432 g/mol. The van der Waals surface area contributed by atoms with Crippen molar-refractivity contribution in [3.05, 3.63) is 58.1 Å². The smallest absolute Gasteiger partial charge is 0.234 e. The number of nitrogens with two attached hydrogens (primary N) is 1. The van der Waals surface area contributed by atoms with Crippen LogP contribution in [-0.4, -0.2) is 26.5 Å². The minimum Gasteiger partial charge on any atom is -0.335 e. The molecular weight excluding hydrogens is 414 g/mol. The molecule has 0 atom stereocenters. The number of carbonyl (C=O) groups is 1. The Labute approximate surface area is 164 Å². The molecule has 6 nitrogen and oxygen atoms in total. The fourth-order valence-corrected chi connectivity index (χ4v) is 3.51. The summed E-state index contributed by atoms with van der Waals surface area (Å²) < 4.78 is 2.28. The van der Waals surface area contributed by atoms with E-state index in [-0.39, 0.29) is 11.7 Å². The topological polar surface area (TPSA) is 85.8 Å². The van der Waals surface area contributed by atoms with E-state index in [4.69, 9.17) is 5.84 Å². The molecule has 0 aliphatic heterocycles. The molecule has 0 fully saturated rings. The van der Waals surface area contributed by atoms with Gasteiger partial charge in [-0.2, -0.15) is 0 Å². The van der Waals surface area contributed by atoms with Gasteiger partial charge in [0.25, 0.3) is 0 Å². The molecule has 3 N–H and O–H groups in total. The van der Waals surface area contributed by atoms with Crippen molar-refractivity contribution in [3.63, 3.8) is 0 Å². The number of rotatable bonds is 5. The van der Waals surface area contributed by atoms with Crippen LogP contribution >= 0.6 is 27.7 Å². The molecule has 1 amide bonds. The van der Waals surface area contributed by atoms with Gasteiger partial charge in [0, 0.05) is 15.7 Å². The Balaban J connectivity index is 1.68. The maximum absolute atomic E-state index is 12.3. The molecule has 0 aliphatic carbocycles. The first-order valence-electron chi connectivity index (χ1n) is 7.91. The van der Waals surface area contributed by atoms with E-state index >= 15 is 0 Å². The number of nitrogens with zero attached hydrogens (tertiary/aromatic N) is 3. The maximum atomic E-state index is 12.3. The van der Waals surface area contributed by atoms with Gasteiger partial charge in [0.15, 0.2) is 5.82 Å². The van der Waals surface area contributed by atoms with Gasteiger partial charge in [-0.25, -0.2) is 4.68 Å². The Morgan fingerprint density at radius 1 is 1.23 bits per heavy atom. The zero-order valence-corrected chi connectivity index (χ0v) is 16.8. The van der Waals surface area contributed by atoms with Gasteiger partial charge in [-0.15, -0.1) is 10.2 Å². The molecule has 2 aromatic carbocycles. The van der Waals surface area contributed by atoms with Crippen molar-refractivity contribution in [2.45, 2.75) is 19.0 Å². The van der Waals surface area contributed by atoms with Crippen LogP contribution in [0.3, 0.4) is 0 Å². The first-order valence-corrected chi connectivity index (χ1v) is 9.69. The van der Waals surface area contributed by atoms with Crippen molar-refractivity contribution in [2.75, 3.05) is 16.9 Å². The van der Waals surface area contributed by atoms with Crippen molar-refractivity contribution >= 4 is 39.3 Å². The number of benzene rings is 2. The third-order valence-electron chi connectivity index (χ3n) is 3.78. The van der Waals surface area contributed by atoms with Gasteiger partial charge in [-0.1, -0.05) is 52.0 Å². The number of aromatic nitrogens is 3. The largest absolute Gasteiger partial charge is 0.335 e. The molecule has 0 unspecified atom stereocenters. The average Bonchev–Trinajstić information content (AvgIpc) is 2.97. The molecule has 0 saturated carbocycles. The third kappa shape index (κ3) is 4.08. The minimum atomic E-state index is -0.117. The van der Waals surface area contributed by atoms with Crippen LogP contribution in [0.15, 0.2) is 52.1 Å². The Morgan fingerprint density at radius 3 is 2.77 bits per heavy atom. The van der Waals surface area contributed by atoms with E-state index in [0.29, 0.717) is 11.0 Å². The Kier molecular flexibility index (Phi) is 5.63. The van der Waals surface area contributed by atoms with Crippen LogP contribution in [0.1, 0.15) is 11.1 Å². The van der Waals surface area contributed by atoms with Crippen LogP contribution in [0.4, 0.5) is 5.69 Å². The van der Waals surface area contributed by atoms with Crippen molar-refractivity contribution < 1.29 is 4.79 Å². The predicted molar refractivity (Wildman–Crippen MR) is 109 cm³/mol. The van der Waals surface area contributed by atoms with Gasteiger partial charge >= 0.3 is 0 Å². The van der Waals surface area contributed by atoms with Gasteiger partial charge in [-0.05, 0) is 43.2 Å². The molecular formula is C18H18BrN5OS. The second-order valence-corrected chi connectivity index (χ2v) is 7.61. The van der Waals surface area contributed by atoms with Gasteiger partial charge in [-0.3, -0.25) is 4.79 Å². The normalized spacial score (nSPS) is 10.7. The number of halogens is 1. The Morgan fingerprint density at radius 2 is 2.00 bits per heavy atom. The number of hydrogen-bond donors (Lipinski definition) is 2. The molecule has 0 spiro atoms. The number of amides is 1. The van der Waals surface area contributed by atoms with Crippen LogP contribution in [0.5, 0.6) is 0 Å². The highest BCUT2D eigenvalue weighted by atomic mass is 79.9. The summed E-state index contributed by atoms with van der Waals surface area (Å²) in [5.41, 5.74) is 3.78. The van der Waals surface area contributed by atoms with Gasteiger partial charge in [0.1, 0.15) is 0 Å². The fourth-order valence-electron chi connectivity index (χ4n) is 2.39. The van der Waals surface area contributed by atoms with Crippen LogP contribution in [-0.2, 0) is 4.79 Å². The van der Waals surface area contributed by atoms with Crippen LogP contribution in [0.25, 0.3) is 11.4 Å². The van der Waals surface area contributed by atoms with Gasteiger partial charge < -0.3 is 11.2 Å². The molecule has 1 aromatic heterocycles. The number of nitrogen functional groups attached to an aromatic ring is 1. The van der Waals surface area contributed by atoms with E-state index < -0.39 is 0 Å². The van der Waals surface area contributed by atoms with Gasteiger partial charge in [0.2, 0.25) is 11.1 Å². The van der Waals surface area contributed by atoms with Gasteiger partial charge in [0.05, 0.1) is 5.75 Å². The monoisotopic (exact) mass is 431 g/mol. The molecule has 3 aromatic rings. The maximum Gasteiger partial charge on any atom is 0.234 e. The Bertz CT molecular complexity index is 957. The van der Waals surface area contributed by atoms with Crippen LogP contribution < -0.4 is 11.2 Å². The van der Waals surface area contributed by atoms with E-state index in [2.05, 4.69) is 31.4 Å². The van der Waals surface area contributed by atoms with Crippen molar-refractivity contribution in [1.29, 1.82) is 0 Å². The molecule has 0 radical (unpaired) electrons. The number of carbonyl (C=O) groups excluding carboxylic acids is 1. The molecule has 8 heteroatoms. The molecule has 1 heterocycles. The highest BCUT2D eigenvalue weighted by molar-refractivity contribution is 9.10. The van der Waals surface area contributed by atoms with Crippen LogP contribution in [0, 0.1) is 13.8 Å². The molecule has 26 heavy (non-hydrogen) atoms. The quantitative estimate of drug-likeness (QED) is 0.474. The van der Waals surface area contributed by atoms with E-state index in [1.807, 2.05) is 56.3 Å². The molecule has 0 aliphatic rings. The summed E-state index contributed by atoms with van der Waals surface area (Å²) in [5.74, 6) is 6.72. The van der Waals surface area contributed by atoms with Crippen molar-refractivity contribution in [3.8, 4) is 11.4 Å². The summed E-state index contributed by atoms with van der Waals surface area (Å²) in [7, 11) is 0. The lowest BCUT2D eigenvalue weighted by Gasteiger charge is -2.09. The van der Waals surface area contributed by atoms with Crippen molar-refractivity contribution in [2.24, 2.45) is 0 Å². The molecule has 0 saturated heterocycles. The number of nitrogens with one attached hydrogen (secondary N) is 1. The fraction of sp³-hybridized carbons (Fsp3) is 0.167. The van der Waals surface area contributed by atoms with E-state index in [1.165, 1.54) is 16.4 Å². The molecule has 0 bridgehead atoms. The zero-order chi connectivity index (χ0) is 18.7. The van der Waals surface area contributed by atoms with Crippen LogP contribution in [0.2, 0.25) is 0 Å². The van der Waals surface area contributed by atoms with E-state index in [0.717, 1.165) is 26.9 Å². The van der Waals surface area contributed by atoms with E-state index in [9.17, 15) is 4.79 Å². The second-order valence-electron chi connectivity index (χ2n) is 5.81. The highest BCUT2D eigenvalue weighted by Crippen LogP contribution is 2.28. The second kappa shape index (κ2) is 7.92. The standard InChI is InChI=1S/C18H18BrN5OS/c1-11-7-8-12(2)15(9-11)21-16(25)10-26-18-23-22-17(24(18)20)13-5-3-4-6-14(13)19/h3-9H,10,20H2,1-2H3,(H,21,25). The van der Waals surface area contributed by atoms with E-state index in [1.54, 1.807) is 0 Å². The number of thioether (sulfide) groups is 1. The summed E-state index contributed by atoms with van der Waals surface area (Å²) in [6, 6.07) is 13.6. The minimum absolute atomic E-state index is 0.117. The SMILES string of the molecule is Cc1ccc(C)c(NC(=O)CSc2nnc(-c3ccccc3Br)n2N)c1. The Hall–Kier alpha value is -2.32. The first kappa shape index (κ1) is 18.5. The number of hydrogen-bond acceptors (Lipinski definition) is 5. The lowest BCUT2D eigenvalue weighted by Crippen LogP contribution is -2.17. The lowest BCUT2D eigenvalue weighted by atomic mass is 10.1. The molecule has 3 rings (SSSR count). The predicted octanol–water partition coefficient (Wildman–Crippen LogP) is 3.77. The first-order chi connectivity index (χ1) is 12.5. The lowest BCUT2D eigenvalue weighted by molar-refractivity contribution is -0.113. The van der Waals surface area contributed by atoms with Crippen molar-refractivity contribution in [1.82, 2.24) is 14.9 Å². The highest BCUT2D eigenvalue weighted by Gasteiger charge is 2.15. The molecule has 134 valence electrons. The summed E-state index contributed by atoms with van der Waals surface area (Å²) in [5, 5.41) is 11.6.